The SMILES string of the molecule is Cc1cc(NC(=O)[C@H]2CC[C@@H](n3c(=O)[nH]c4c(Br)cccc43)CC2)ccc1F. The van der Waals surface area contributed by atoms with Gasteiger partial charge in [0.05, 0.1) is 11.0 Å². The fraction of sp³-hybridized carbons (Fsp3) is 0.333. The van der Waals surface area contributed by atoms with Gasteiger partial charge in [-0.1, -0.05) is 6.07 Å². The van der Waals surface area contributed by atoms with E-state index in [1.165, 1.54) is 6.07 Å². The summed E-state index contributed by atoms with van der Waals surface area (Å²) < 4.78 is 16.1. The maximum absolute atomic E-state index is 13.4. The first-order valence-electron chi connectivity index (χ1n) is 9.40. The zero-order chi connectivity index (χ0) is 19.8. The van der Waals surface area contributed by atoms with Gasteiger partial charge in [0.15, 0.2) is 0 Å². The van der Waals surface area contributed by atoms with Crippen molar-refractivity contribution in [1.29, 1.82) is 0 Å². The van der Waals surface area contributed by atoms with E-state index in [-0.39, 0.29) is 29.4 Å². The molecule has 1 aromatic heterocycles. The quantitative estimate of drug-likeness (QED) is 0.601. The van der Waals surface area contributed by atoms with Crippen molar-refractivity contribution in [3.8, 4) is 0 Å². The molecule has 3 aromatic rings. The molecule has 146 valence electrons. The van der Waals surface area contributed by atoms with Crippen LogP contribution < -0.4 is 11.0 Å². The standard InChI is InChI=1S/C21H21BrFN3O2/c1-12-11-14(7-10-17(12)23)24-20(27)13-5-8-15(9-6-13)26-18-4-2-3-16(22)19(18)25-21(26)28/h2-4,7,10-11,13,15H,5-6,8-9H2,1H3,(H,24,27)(H,25,28)/t13-,15+. The third-order valence-electron chi connectivity index (χ3n) is 5.56. The Bertz CT molecular complexity index is 1100. The number of rotatable bonds is 3. The summed E-state index contributed by atoms with van der Waals surface area (Å²) in [5.74, 6) is -0.429. The van der Waals surface area contributed by atoms with Gasteiger partial charge in [0, 0.05) is 22.1 Å². The van der Waals surface area contributed by atoms with Crippen LogP contribution in [0.15, 0.2) is 45.7 Å². The Labute approximate surface area is 170 Å². The molecule has 2 aromatic carbocycles. The molecule has 0 saturated heterocycles. The van der Waals surface area contributed by atoms with E-state index in [2.05, 4.69) is 26.2 Å². The molecule has 5 nitrogen and oxygen atoms in total. The van der Waals surface area contributed by atoms with Crippen LogP contribution in [-0.2, 0) is 4.79 Å². The molecule has 4 rings (SSSR count). The Kier molecular flexibility index (Phi) is 5.10. The topological polar surface area (TPSA) is 66.9 Å². The number of nitrogens with one attached hydrogen (secondary N) is 2. The number of H-pyrrole nitrogens is 1. The number of anilines is 1. The Morgan fingerprint density at radius 2 is 1.96 bits per heavy atom. The van der Waals surface area contributed by atoms with Crippen molar-refractivity contribution < 1.29 is 9.18 Å². The summed E-state index contributed by atoms with van der Waals surface area (Å²) in [6, 6.07) is 10.4. The van der Waals surface area contributed by atoms with Crippen LogP contribution in [0, 0.1) is 18.7 Å². The lowest BCUT2D eigenvalue weighted by atomic mass is 9.85. The molecule has 0 bridgehead atoms. The van der Waals surface area contributed by atoms with Crippen molar-refractivity contribution in [2.75, 3.05) is 5.32 Å². The van der Waals surface area contributed by atoms with Gasteiger partial charge < -0.3 is 10.3 Å². The Morgan fingerprint density at radius 3 is 2.68 bits per heavy atom. The molecule has 1 aliphatic rings. The molecule has 1 aliphatic carbocycles. The van der Waals surface area contributed by atoms with E-state index in [1.54, 1.807) is 19.1 Å². The normalized spacial score (nSPS) is 19.7. The van der Waals surface area contributed by atoms with Crippen LogP contribution in [0.3, 0.4) is 0 Å². The summed E-state index contributed by atoms with van der Waals surface area (Å²) in [5, 5.41) is 2.89. The number of fused-ring (bicyclic) bond motifs is 1. The molecule has 0 unspecified atom stereocenters. The third-order valence-corrected chi connectivity index (χ3v) is 6.22. The lowest BCUT2D eigenvalue weighted by Gasteiger charge is -2.28. The Hall–Kier alpha value is -2.41. The second-order valence-corrected chi connectivity index (χ2v) is 8.25. The molecule has 1 heterocycles. The second-order valence-electron chi connectivity index (χ2n) is 7.39. The molecule has 28 heavy (non-hydrogen) atoms. The highest BCUT2D eigenvalue weighted by molar-refractivity contribution is 9.10. The summed E-state index contributed by atoms with van der Waals surface area (Å²) in [5.41, 5.74) is 2.69. The van der Waals surface area contributed by atoms with Gasteiger partial charge in [-0.25, -0.2) is 9.18 Å². The van der Waals surface area contributed by atoms with E-state index in [9.17, 15) is 14.0 Å². The van der Waals surface area contributed by atoms with Crippen LogP contribution in [0.5, 0.6) is 0 Å². The van der Waals surface area contributed by atoms with Crippen molar-refractivity contribution in [2.24, 2.45) is 5.92 Å². The van der Waals surface area contributed by atoms with Crippen LogP contribution in [0.2, 0.25) is 0 Å². The molecule has 1 amide bonds. The van der Waals surface area contributed by atoms with Gasteiger partial charge in [0.2, 0.25) is 5.91 Å². The van der Waals surface area contributed by atoms with Crippen molar-refractivity contribution in [2.45, 2.75) is 38.6 Å². The van der Waals surface area contributed by atoms with Gasteiger partial charge in [-0.15, -0.1) is 0 Å². The minimum atomic E-state index is -0.283. The van der Waals surface area contributed by atoms with Crippen LogP contribution in [0.1, 0.15) is 37.3 Å². The summed E-state index contributed by atoms with van der Waals surface area (Å²) in [6.07, 6.45) is 2.95. The average molecular weight is 446 g/mol. The number of hydrogen-bond acceptors (Lipinski definition) is 2. The highest BCUT2D eigenvalue weighted by Crippen LogP contribution is 2.34. The average Bonchev–Trinajstić information content (AvgIpc) is 3.02. The fourth-order valence-corrected chi connectivity index (χ4v) is 4.49. The van der Waals surface area contributed by atoms with Gasteiger partial charge in [-0.2, -0.15) is 0 Å². The predicted octanol–water partition coefficient (Wildman–Crippen LogP) is 4.91. The molecular formula is C21H21BrFN3O2. The Balaban J connectivity index is 1.45. The number of para-hydroxylation sites is 1. The summed E-state index contributed by atoms with van der Waals surface area (Å²) in [4.78, 5) is 28.0. The maximum atomic E-state index is 13.4. The zero-order valence-corrected chi connectivity index (χ0v) is 17.1. The van der Waals surface area contributed by atoms with E-state index in [4.69, 9.17) is 0 Å². The zero-order valence-electron chi connectivity index (χ0n) is 15.5. The highest BCUT2D eigenvalue weighted by atomic mass is 79.9. The molecule has 1 fully saturated rings. The van der Waals surface area contributed by atoms with Crippen LogP contribution in [0.25, 0.3) is 11.0 Å². The monoisotopic (exact) mass is 445 g/mol. The van der Waals surface area contributed by atoms with Crippen LogP contribution in [0.4, 0.5) is 10.1 Å². The number of amides is 1. The van der Waals surface area contributed by atoms with Crippen LogP contribution >= 0.6 is 15.9 Å². The van der Waals surface area contributed by atoms with E-state index in [1.807, 2.05) is 22.8 Å². The van der Waals surface area contributed by atoms with Gasteiger partial charge in [0.25, 0.3) is 0 Å². The molecule has 0 aliphatic heterocycles. The number of nitrogens with zero attached hydrogens (tertiary/aromatic N) is 1. The number of carbonyl (C=O) groups is 1. The summed E-state index contributed by atoms with van der Waals surface area (Å²) in [6.45, 7) is 1.67. The number of aryl methyl sites for hydroxylation is 1. The first kappa shape index (κ1) is 18.9. The largest absolute Gasteiger partial charge is 0.326 e. The first-order valence-corrected chi connectivity index (χ1v) is 10.2. The highest BCUT2D eigenvalue weighted by Gasteiger charge is 2.29. The molecular weight excluding hydrogens is 425 g/mol. The number of hydrogen-bond donors (Lipinski definition) is 2. The van der Waals surface area contributed by atoms with Gasteiger partial charge >= 0.3 is 5.69 Å². The van der Waals surface area contributed by atoms with Gasteiger partial charge in [-0.3, -0.25) is 9.36 Å². The van der Waals surface area contributed by atoms with Crippen molar-refractivity contribution in [3.05, 3.63) is 62.7 Å². The number of benzene rings is 2. The summed E-state index contributed by atoms with van der Waals surface area (Å²) >= 11 is 3.48. The summed E-state index contributed by atoms with van der Waals surface area (Å²) in [7, 11) is 0. The van der Waals surface area contributed by atoms with E-state index >= 15 is 0 Å². The fourth-order valence-electron chi connectivity index (χ4n) is 4.04. The minimum absolute atomic E-state index is 0.0431. The van der Waals surface area contributed by atoms with Gasteiger partial charge in [0.1, 0.15) is 5.82 Å². The van der Waals surface area contributed by atoms with E-state index in [0.717, 1.165) is 28.3 Å². The van der Waals surface area contributed by atoms with Crippen LogP contribution in [-0.4, -0.2) is 15.5 Å². The lowest BCUT2D eigenvalue weighted by Crippen LogP contribution is -2.31. The maximum Gasteiger partial charge on any atom is 0.326 e. The van der Waals surface area contributed by atoms with Gasteiger partial charge in [-0.05, 0) is 84.4 Å². The molecule has 0 radical (unpaired) electrons. The minimum Gasteiger partial charge on any atom is -0.326 e. The molecule has 0 spiro atoms. The Morgan fingerprint density at radius 1 is 1.21 bits per heavy atom. The second kappa shape index (κ2) is 7.54. The number of imidazole rings is 1. The molecule has 7 heteroatoms. The molecule has 2 N–H and O–H groups in total. The van der Waals surface area contributed by atoms with E-state index in [0.29, 0.717) is 24.1 Å². The smallest absolute Gasteiger partial charge is 0.326 e. The molecule has 0 atom stereocenters. The van der Waals surface area contributed by atoms with E-state index < -0.39 is 0 Å². The first-order chi connectivity index (χ1) is 13.4. The number of aromatic amines is 1. The third kappa shape index (κ3) is 3.51. The number of carbonyl (C=O) groups excluding carboxylic acids is 1. The van der Waals surface area contributed by atoms with Crippen molar-refractivity contribution in [1.82, 2.24) is 9.55 Å². The number of halogens is 2. The van der Waals surface area contributed by atoms with Crippen molar-refractivity contribution >= 4 is 38.6 Å². The number of aromatic nitrogens is 2. The van der Waals surface area contributed by atoms with Crippen molar-refractivity contribution in [3.63, 3.8) is 0 Å². The molecule has 1 saturated carbocycles. The predicted molar refractivity (Wildman–Crippen MR) is 111 cm³/mol. The lowest BCUT2D eigenvalue weighted by molar-refractivity contribution is -0.121.